The van der Waals surface area contributed by atoms with E-state index in [1.807, 2.05) is 53.4 Å². The Morgan fingerprint density at radius 1 is 0.880 bits per heavy atom. The molecular weight excluding hydrogens is 314 g/mol. The molecule has 0 unspecified atom stereocenters. The fourth-order valence-corrected chi connectivity index (χ4v) is 3.46. The first-order chi connectivity index (χ1) is 12.3. The van der Waals surface area contributed by atoms with Crippen LogP contribution in [0.25, 0.3) is 5.57 Å². The van der Waals surface area contributed by atoms with Gasteiger partial charge in [-0.2, -0.15) is 0 Å². The van der Waals surface area contributed by atoms with Crippen LogP contribution >= 0.6 is 0 Å². The van der Waals surface area contributed by atoms with Gasteiger partial charge in [-0.05, 0) is 17.7 Å². The van der Waals surface area contributed by atoms with E-state index in [9.17, 15) is 5.11 Å². The van der Waals surface area contributed by atoms with Crippen LogP contribution in [0.4, 0.5) is 11.4 Å². The van der Waals surface area contributed by atoms with Gasteiger partial charge >= 0.3 is 0 Å². The number of ether oxygens (including phenoxy) is 1. The third kappa shape index (κ3) is 2.87. The molecule has 0 atom stereocenters. The summed E-state index contributed by atoms with van der Waals surface area (Å²) in [5.41, 5.74) is 3.51. The summed E-state index contributed by atoms with van der Waals surface area (Å²) in [5, 5.41) is 19.2. The summed E-state index contributed by atoms with van der Waals surface area (Å²) in [6.07, 6.45) is 0. The summed E-state index contributed by atoms with van der Waals surface area (Å²) in [6.45, 7) is 3.42. The highest BCUT2D eigenvalue weighted by Crippen LogP contribution is 2.36. The van der Waals surface area contributed by atoms with Crippen LogP contribution in [0.3, 0.4) is 0 Å². The molecule has 0 radical (unpaired) electrons. The number of amidine groups is 1. The molecule has 4 rings (SSSR count). The van der Waals surface area contributed by atoms with E-state index in [1.165, 1.54) is 0 Å². The Balaban J connectivity index is 1.67. The molecular formula is C20H21N3O2. The molecule has 2 aromatic rings. The van der Waals surface area contributed by atoms with Crippen LogP contribution in [0.1, 0.15) is 5.56 Å². The molecule has 2 heterocycles. The summed E-state index contributed by atoms with van der Waals surface area (Å²) in [6, 6.07) is 17.7. The molecule has 2 aromatic carbocycles. The molecule has 5 heteroatoms. The molecule has 1 saturated heterocycles. The van der Waals surface area contributed by atoms with Crippen molar-refractivity contribution in [1.82, 2.24) is 0 Å². The second-order valence-electron chi connectivity index (χ2n) is 6.21. The molecule has 2 aliphatic heterocycles. The van der Waals surface area contributed by atoms with Crippen LogP contribution in [-0.4, -0.2) is 43.8 Å². The van der Waals surface area contributed by atoms with Crippen LogP contribution in [-0.2, 0) is 4.74 Å². The van der Waals surface area contributed by atoms with Crippen molar-refractivity contribution in [2.24, 2.45) is 0 Å². The zero-order chi connectivity index (χ0) is 17.2. The number of nitrogens with zero attached hydrogens (tertiary/aromatic N) is 2. The van der Waals surface area contributed by atoms with Crippen molar-refractivity contribution in [2.45, 2.75) is 0 Å². The maximum Gasteiger partial charge on any atom is 0.137 e. The number of morpholine rings is 1. The minimum absolute atomic E-state index is 0.244. The van der Waals surface area contributed by atoms with E-state index in [1.54, 1.807) is 0 Å². The summed E-state index contributed by atoms with van der Waals surface area (Å²) in [7, 11) is 0. The first-order valence-corrected chi connectivity index (χ1v) is 8.51. The van der Waals surface area contributed by atoms with Gasteiger partial charge in [0.15, 0.2) is 0 Å². The number of aliphatic hydroxyl groups is 1. The van der Waals surface area contributed by atoms with Gasteiger partial charge in [-0.25, -0.2) is 0 Å². The van der Waals surface area contributed by atoms with Crippen molar-refractivity contribution < 1.29 is 9.84 Å². The van der Waals surface area contributed by atoms with E-state index in [2.05, 4.69) is 11.0 Å². The van der Waals surface area contributed by atoms with Gasteiger partial charge in [-0.3, -0.25) is 5.41 Å². The van der Waals surface area contributed by atoms with E-state index in [0.717, 1.165) is 30.0 Å². The second-order valence-corrected chi connectivity index (χ2v) is 6.21. The standard InChI is InChI=1S/C20H21N3O2/c21-20-19(15-6-2-1-3-7-15)18(24)14-23(20)17-9-5-4-8-16(17)22-10-12-25-13-11-22/h1-9,21,24H,10-14H2. The molecule has 2 aliphatic rings. The average molecular weight is 335 g/mol. The van der Waals surface area contributed by atoms with E-state index < -0.39 is 0 Å². The Labute approximate surface area is 147 Å². The molecule has 0 spiro atoms. The molecule has 0 saturated carbocycles. The van der Waals surface area contributed by atoms with Crippen molar-refractivity contribution in [3.05, 3.63) is 65.9 Å². The predicted octanol–water partition coefficient (Wildman–Crippen LogP) is 3.29. The lowest BCUT2D eigenvalue weighted by atomic mass is 10.1. The minimum atomic E-state index is 0.244. The largest absolute Gasteiger partial charge is 0.510 e. The van der Waals surface area contributed by atoms with Gasteiger partial charge in [0.1, 0.15) is 11.6 Å². The van der Waals surface area contributed by atoms with Crippen molar-refractivity contribution in [3.63, 3.8) is 0 Å². The molecule has 2 N–H and O–H groups in total. The molecule has 25 heavy (non-hydrogen) atoms. The first kappa shape index (κ1) is 15.7. The van der Waals surface area contributed by atoms with Gasteiger partial charge in [0, 0.05) is 13.1 Å². The van der Waals surface area contributed by atoms with Crippen LogP contribution in [0.15, 0.2) is 60.4 Å². The van der Waals surface area contributed by atoms with E-state index >= 15 is 0 Å². The third-order valence-electron chi connectivity index (χ3n) is 4.69. The number of rotatable bonds is 3. The monoisotopic (exact) mass is 335 g/mol. The minimum Gasteiger partial charge on any atom is -0.510 e. The number of benzene rings is 2. The smallest absolute Gasteiger partial charge is 0.137 e. The van der Waals surface area contributed by atoms with Gasteiger partial charge in [-0.1, -0.05) is 42.5 Å². The van der Waals surface area contributed by atoms with Gasteiger partial charge < -0.3 is 19.6 Å². The zero-order valence-electron chi connectivity index (χ0n) is 14.0. The van der Waals surface area contributed by atoms with Crippen LogP contribution in [0.2, 0.25) is 0 Å². The second kappa shape index (κ2) is 6.61. The number of aliphatic hydroxyl groups excluding tert-OH is 1. The lowest BCUT2D eigenvalue weighted by molar-refractivity contribution is 0.123. The fourth-order valence-electron chi connectivity index (χ4n) is 3.46. The Morgan fingerprint density at radius 3 is 2.24 bits per heavy atom. The quantitative estimate of drug-likeness (QED) is 0.904. The summed E-state index contributed by atoms with van der Waals surface area (Å²) >= 11 is 0. The van der Waals surface area contributed by atoms with Crippen LogP contribution < -0.4 is 9.80 Å². The van der Waals surface area contributed by atoms with Crippen LogP contribution in [0, 0.1) is 5.41 Å². The average Bonchev–Trinajstić information content (AvgIpc) is 2.97. The third-order valence-corrected chi connectivity index (χ3v) is 4.69. The predicted molar refractivity (Wildman–Crippen MR) is 101 cm³/mol. The lowest BCUT2D eigenvalue weighted by Gasteiger charge is -2.33. The Kier molecular flexibility index (Phi) is 4.15. The Bertz CT molecular complexity index is 811. The molecule has 0 bridgehead atoms. The molecule has 128 valence electrons. The van der Waals surface area contributed by atoms with E-state index in [0.29, 0.717) is 31.2 Å². The van der Waals surface area contributed by atoms with E-state index in [4.69, 9.17) is 10.1 Å². The normalized spacial score (nSPS) is 18.2. The Morgan fingerprint density at radius 2 is 1.52 bits per heavy atom. The fraction of sp³-hybridized carbons (Fsp3) is 0.250. The molecule has 0 amide bonds. The van der Waals surface area contributed by atoms with Gasteiger partial charge in [0.05, 0.1) is 36.7 Å². The Hall–Kier alpha value is -2.79. The number of nitrogens with one attached hydrogen (secondary N) is 1. The first-order valence-electron chi connectivity index (χ1n) is 8.51. The molecule has 1 fully saturated rings. The van der Waals surface area contributed by atoms with Crippen molar-refractivity contribution in [1.29, 1.82) is 5.41 Å². The number of anilines is 2. The summed E-state index contributed by atoms with van der Waals surface area (Å²) < 4.78 is 5.45. The molecule has 0 aromatic heterocycles. The topological polar surface area (TPSA) is 59.8 Å². The lowest BCUT2D eigenvalue weighted by Crippen LogP contribution is -2.38. The summed E-state index contributed by atoms with van der Waals surface area (Å²) in [4.78, 5) is 4.16. The van der Waals surface area contributed by atoms with Gasteiger partial charge in [0.2, 0.25) is 0 Å². The highest BCUT2D eigenvalue weighted by molar-refractivity contribution is 6.31. The molecule has 5 nitrogen and oxygen atoms in total. The highest BCUT2D eigenvalue weighted by atomic mass is 16.5. The summed E-state index contributed by atoms with van der Waals surface area (Å²) in [5.74, 6) is 0.581. The maximum atomic E-state index is 10.5. The highest BCUT2D eigenvalue weighted by Gasteiger charge is 2.31. The van der Waals surface area contributed by atoms with Crippen molar-refractivity contribution in [3.8, 4) is 0 Å². The van der Waals surface area contributed by atoms with Gasteiger partial charge in [0.25, 0.3) is 0 Å². The van der Waals surface area contributed by atoms with Crippen molar-refractivity contribution in [2.75, 3.05) is 42.6 Å². The van der Waals surface area contributed by atoms with E-state index in [-0.39, 0.29) is 5.76 Å². The van der Waals surface area contributed by atoms with Crippen LogP contribution in [0.5, 0.6) is 0 Å². The number of para-hydroxylation sites is 2. The number of hydrogen-bond acceptors (Lipinski definition) is 4. The van der Waals surface area contributed by atoms with Crippen molar-refractivity contribution >= 4 is 22.8 Å². The SMILES string of the molecule is N=C1C(c2ccccc2)=C(O)CN1c1ccccc1N1CCOCC1. The molecule has 0 aliphatic carbocycles. The maximum absolute atomic E-state index is 10.5. The zero-order valence-corrected chi connectivity index (χ0v) is 14.0. The number of hydrogen-bond donors (Lipinski definition) is 2. The van der Waals surface area contributed by atoms with Gasteiger partial charge in [-0.15, -0.1) is 0 Å².